The van der Waals surface area contributed by atoms with Crippen molar-refractivity contribution >= 4 is 29.1 Å². The largest absolute Gasteiger partial charge is 0.355 e. The molecule has 6 nitrogen and oxygen atoms in total. The van der Waals surface area contributed by atoms with Gasteiger partial charge >= 0.3 is 0 Å². The molecule has 37 heavy (non-hydrogen) atoms. The fraction of sp³-hybridized carbons (Fsp3) is 0.533. The van der Waals surface area contributed by atoms with E-state index in [0.29, 0.717) is 23.5 Å². The van der Waals surface area contributed by atoms with Crippen molar-refractivity contribution in [2.75, 3.05) is 38.0 Å². The number of piperidine rings is 1. The van der Waals surface area contributed by atoms with E-state index in [-0.39, 0.29) is 23.1 Å². The monoisotopic (exact) mass is 522 g/mol. The molecule has 2 aliphatic heterocycles. The van der Waals surface area contributed by atoms with E-state index in [0.717, 1.165) is 69.5 Å². The summed E-state index contributed by atoms with van der Waals surface area (Å²) >= 11 is 6.01. The molecular weight excluding hydrogens is 484 g/mol. The molecule has 1 saturated carbocycles. The number of nitrogens with one attached hydrogen (secondary N) is 3. The van der Waals surface area contributed by atoms with E-state index in [1.54, 1.807) is 0 Å². The second-order valence-electron chi connectivity index (χ2n) is 11.2. The molecule has 3 N–H and O–H groups in total. The van der Waals surface area contributed by atoms with Gasteiger partial charge in [0.2, 0.25) is 11.8 Å². The highest BCUT2D eigenvalue weighted by Crippen LogP contribution is 2.48. The van der Waals surface area contributed by atoms with Crippen molar-refractivity contribution in [3.8, 4) is 0 Å². The Balaban J connectivity index is 1.05. The summed E-state index contributed by atoms with van der Waals surface area (Å²) in [4.78, 5) is 27.9. The molecule has 198 valence electrons. The topological polar surface area (TPSA) is 83.4 Å². The van der Waals surface area contributed by atoms with Crippen LogP contribution in [0.25, 0.3) is 0 Å². The number of nitrogens with zero attached hydrogens (tertiary/aromatic N) is 1. The highest BCUT2D eigenvalue weighted by Gasteiger charge is 2.51. The van der Waals surface area contributed by atoms with Gasteiger partial charge in [-0.25, -0.2) is 0 Å². The Morgan fingerprint density at radius 2 is 1.84 bits per heavy atom. The van der Waals surface area contributed by atoms with Crippen LogP contribution in [0.3, 0.4) is 0 Å². The molecule has 2 unspecified atom stereocenters. The molecule has 0 bridgehead atoms. The Hall–Kier alpha value is -2.41. The summed E-state index contributed by atoms with van der Waals surface area (Å²) in [6.45, 7) is 8.93. The highest BCUT2D eigenvalue weighted by atomic mass is 35.5. The van der Waals surface area contributed by atoms with Gasteiger partial charge in [-0.15, -0.1) is 0 Å². The molecule has 2 amide bonds. The predicted molar refractivity (Wildman–Crippen MR) is 149 cm³/mol. The lowest BCUT2D eigenvalue weighted by Gasteiger charge is -2.33. The number of anilines is 1. The second kappa shape index (κ2) is 11.1. The van der Waals surface area contributed by atoms with Gasteiger partial charge in [-0.05, 0) is 106 Å². The molecule has 2 aromatic rings. The average Bonchev–Trinajstić information content (AvgIpc) is 3.82. The van der Waals surface area contributed by atoms with Crippen LogP contribution in [-0.2, 0) is 15.0 Å². The predicted octanol–water partition coefficient (Wildman–Crippen LogP) is 4.61. The summed E-state index contributed by atoms with van der Waals surface area (Å²) in [6.07, 6.45) is 5.02. The maximum atomic E-state index is 12.9. The molecule has 2 aromatic carbocycles. The van der Waals surface area contributed by atoms with Gasteiger partial charge in [-0.2, -0.15) is 0 Å². The Morgan fingerprint density at radius 1 is 1.14 bits per heavy atom. The number of rotatable bonds is 10. The minimum Gasteiger partial charge on any atom is -0.355 e. The lowest BCUT2D eigenvalue weighted by molar-refractivity contribution is -0.123. The highest BCUT2D eigenvalue weighted by molar-refractivity contribution is 6.30. The van der Waals surface area contributed by atoms with Crippen LogP contribution in [0.15, 0.2) is 42.5 Å². The van der Waals surface area contributed by atoms with Crippen LogP contribution in [0.5, 0.6) is 0 Å². The summed E-state index contributed by atoms with van der Waals surface area (Å²) in [6, 6.07) is 14.4. The average molecular weight is 523 g/mol. The first kappa shape index (κ1) is 26.2. The standard InChI is InChI=1S/C30H39ClN4O2/c1-20-4-9-25(34-28(36)21(2)27-19-33-27)18-26(20)22-10-16-35(17-11-22)15-3-14-32-29(37)30(12-13-30)23-5-7-24(31)8-6-23/h4-9,18,21-22,27,33H,3,10-17,19H2,1-2H3,(H,32,37)(H,34,36). The lowest BCUT2D eigenvalue weighted by atomic mass is 9.86. The van der Waals surface area contributed by atoms with Crippen LogP contribution < -0.4 is 16.0 Å². The third kappa shape index (κ3) is 6.19. The van der Waals surface area contributed by atoms with Crippen LogP contribution in [0.1, 0.15) is 61.6 Å². The normalized spacial score (nSPS) is 21.8. The molecule has 0 aromatic heterocycles. The summed E-state index contributed by atoms with van der Waals surface area (Å²) in [7, 11) is 0. The van der Waals surface area contributed by atoms with Crippen LogP contribution >= 0.6 is 11.6 Å². The molecule has 7 heteroatoms. The van der Waals surface area contributed by atoms with Gasteiger partial charge in [0.25, 0.3) is 0 Å². The van der Waals surface area contributed by atoms with Gasteiger partial charge < -0.3 is 20.9 Å². The van der Waals surface area contributed by atoms with Crippen LogP contribution in [0.4, 0.5) is 5.69 Å². The zero-order chi connectivity index (χ0) is 26.0. The zero-order valence-corrected chi connectivity index (χ0v) is 22.7. The molecule has 2 saturated heterocycles. The first-order valence-corrected chi connectivity index (χ1v) is 14.1. The van der Waals surface area contributed by atoms with E-state index in [1.165, 1.54) is 11.1 Å². The molecule has 3 aliphatic rings. The first-order chi connectivity index (χ1) is 17.9. The number of amides is 2. The number of aryl methyl sites for hydroxylation is 1. The van der Waals surface area contributed by atoms with E-state index in [4.69, 9.17) is 11.6 Å². The van der Waals surface area contributed by atoms with Crippen molar-refractivity contribution in [3.05, 3.63) is 64.2 Å². The summed E-state index contributed by atoms with van der Waals surface area (Å²) < 4.78 is 0. The van der Waals surface area contributed by atoms with Crippen molar-refractivity contribution < 1.29 is 9.59 Å². The Labute approximate surface area is 225 Å². The Morgan fingerprint density at radius 3 is 2.49 bits per heavy atom. The van der Waals surface area contributed by atoms with Crippen LogP contribution in [0.2, 0.25) is 5.02 Å². The number of carbonyl (C=O) groups is 2. The number of halogens is 1. The maximum absolute atomic E-state index is 12.9. The minimum absolute atomic E-state index is 0.00924. The van der Waals surface area contributed by atoms with E-state index in [2.05, 4.69) is 39.9 Å². The molecule has 2 heterocycles. The van der Waals surface area contributed by atoms with Crippen molar-refractivity contribution in [3.63, 3.8) is 0 Å². The second-order valence-corrected chi connectivity index (χ2v) is 11.6. The summed E-state index contributed by atoms with van der Waals surface area (Å²) in [5.74, 6) is 0.751. The summed E-state index contributed by atoms with van der Waals surface area (Å²) in [5.41, 5.74) is 4.29. The van der Waals surface area contributed by atoms with Crippen molar-refractivity contribution in [2.45, 2.75) is 63.3 Å². The van der Waals surface area contributed by atoms with E-state index >= 15 is 0 Å². The molecule has 3 fully saturated rings. The number of benzene rings is 2. The SMILES string of the molecule is Cc1ccc(NC(=O)C(C)C2CN2)cc1C1CCN(CCCNC(=O)C2(c3ccc(Cl)cc3)CC2)CC1. The van der Waals surface area contributed by atoms with E-state index in [9.17, 15) is 9.59 Å². The van der Waals surface area contributed by atoms with Gasteiger partial charge in [0.05, 0.1) is 11.3 Å². The Kier molecular flexibility index (Phi) is 7.89. The fourth-order valence-electron chi connectivity index (χ4n) is 5.70. The van der Waals surface area contributed by atoms with E-state index in [1.807, 2.05) is 37.3 Å². The number of hydrogen-bond donors (Lipinski definition) is 3. The number of hydrogen-bond acceptors (Lipinski definition) is 4. The summed E-state index contributed by atoms with van der Waals surface area (Å²) in [5, 5.41) is 10.2. The fourth-order valence-corrected chi connectivity index (χ4v) is 5.83. The first-order valence-electron chi connectivity index (χ1n) is 13.8. The zero-order valence-electron chi connectivity index (χ0n) is 22.0. The maximum Gasteiger partial charge on any atom is 0.230 e. The molecule has 2 atom stereocenters. The third-order valence-electron chi connectivity index (χ3n) is 8.55. The minimum atomic E-state index is -0.346. The quantitative estimate of drug-likeness (QED) is 0.314. The van der Waals surface area contributed by atoms with E-state index < -0.39 is 0 Å². The molecular formula is C30H39ClN4O2. The molecule has 5 rings (SSSR count). The van der Waals surface area contributed by atoms with Gasteiger partial charge in [-0.3, -0.25) is 9.59 Å². The van der Waals surface area contributed by atoms with Crippen molar-refractivity contribution in [1.29, 1.82) is 0 Å². The molecule has 0 radical (unpaired) electrons. The number of likely N-dealkylation sites (tertiary alicyclic amines) is 1. The third-order valence-corrected chi connectivity index (χ3v) is 8.80. The van der Waals surface area contributed by atoms with Crippen LogP contribution in [-0.4, -0.2) is 55.5 Å². The Bertz CT molecular complexity index is 1120. The van der Waals surface area contributed by atoms with Gasteiger partial charge in [0.15, 0.2) is 0 Å². The number of carbonyl (C=O) groups excluding carboxylic acids is 2. The molecule has 1 aliphatic carbocycles. The van der Waals surface area contributed by atoms with Crippen LogP contribution in [0, 0.1) is 12.8 Å². The van der Waals surface area contributed by atoms with Gasteiger partial charge in [-0.1, -0.05) is 36.7 Å². The van der Waals surface area contributed by atoms with Gasteiger partial charge in [0, 0.05) is 29.8 Å². The lowest BCUT2D eigenvalue weighted by Crippen LogP contribution is -2.38. The smallest absolute Gasteiger partial charge is 0.230 e. The van der Waals surface area contributed by atoms with Gasteiger partial charge in [0.1, 0.15) is 0 Å². The van der Waals surface area contributed by atoms with Crippen molar-refractivity contribution in [2.24, 2.45) is 5.92 Å². The molecule has 0 spiro atoms. The van der Waals surface area contributed by atoms with Crippen molar-refractivity contribution in [1.82, 2.24) is 15.5 Å².